The summed E-state index contributed by atoms with van der Waals surface area (Å²) in [6, 6.07) is 2.58. The molecule has 1 aliphatic rings. The van der Waals surface area contributed by atoms with Crippen LogP contribution in [0.4, 0.5) is 14.6 Å². The molecule has 0 saturated carbocycles. The van der Waals surface area contributed by atoms with Gasteiger partial charge in [-0.05, 0) is 26.9 Å². The lowest BCUT2D eigenvalue weighted by molar-refractivity contribution is 0.371. The molecule has 1 aromatic heterocycles. The molecule has 1 aromatic carbocycles. The van der Waals surface area contributed by atoms with Gasteiger partial charge in [-0.15, -0.1) is 0 Å². The molecule has 0 amide bonds. The third-order valence-corrected chi connectivity index (χ3v) is 3.82. The second-order valence-corrected chi connectivity index (χ2v) is 5.73. The van der Waals surface area contributed by atoms with Crippen molar-refractivity contribution in [3.05, 3.63) is 30.0 Å². The second-order valence-electron chi connectivity index (χ2n) is 5.73. The lowest BCUT2D eigenvalue weighted by atomic mass is 10.2. The number of anilines is 1. The molecule has 1 fully saturated rings. The van der Waals surface area contributed by atoms with E-state index >= 15 is 0 Å². The van der Waals surface area contributed by atoms with E-state index in [0.29, 0.717) is 17.1 Å². The standard InChI is InChI=1S/C15H18F2N4/c1-20(2)9-10-4-3-5-21(10)15-8-18-13-6-11(16)12(17)7-14(13)19-15/h6-8,10H,3-5,9H2,1-2H3/t10-/m1/s1. The SMILES string of the molecule is CN(C)C[C@H]1CCCN1c1cnc2cc(F)c(F)cc2n1. The van der Waals surface area contributed by atoms with E-state index in [-0.39, 0.29) is 0 Å². The van der Waals surface area contributed by atoms with E-state index in [1.54, 1.807) is 6.20 Å². The summed E-state index contributed by atoms with van der Waals surface area (Å²) in [7, 11) is 4.08. The minimum Gasteiger partial charge on any atom is -0.351 e. The van der Waals surface area contributed by atoms with Crippen LogP contribution in [0, 0.1) is 11.6 Å². The predicted octanol–water partition coefficient (Wildman–Crippen LogP) is 2.44. The van der Waals surface area contributed by atoms with Crippen molar-refractivity contribution < 1.29 is 8.78 Å². The summed E-state index contributed by atoms with van der Waals surface area (Å²) in [4.78, 5) is 13.0. The molecule has 0 N–H and O–H groups in total. The Balaban J connectivity index is 1.95. The number of aromatic nitrogens is 2. The summed E-state index contributed by atoms with van der Waals surface area (Å²) in [5.41, 5.74) is 0.767. The molecule has 1 atom stereocenters. The first-order valence-corrected chi connectivity index (χ1v) is 7.08. The summed E-state index contributed by atoms with van der Waals surface area (Å²) < 4.78 is 26.5. The predicted molar refractivity (Wildman–Crippen MR) is 78.4 cm³/mol. The van der Waals surface area contributed by atoms with Crippen LogP contribution in [0.25, 0.3) is 11.0 Å². The lowest BCUT2D eigenvalue weighted by Crippen LogP contribution is -2.38. The van der Waals surface area contributed by atoms with Gasteiger partial charge >= 0.3 is 0 Å². The number of hydrogen-bond donors (Lipinski definition) is 0. The van der Waals surface area contributed by atoms with Crippen LogP contribution in [0.15, 0.2) is 18.3 Å². The van der Waals surface area contributed by atoms with Crippen molar-refractivity contribution in [2.24, 2.45) is 0 Å². The fourth-order valence-corrected chi connectivity index (χ4v) is 2.89. The van der Waals surface area contributed by atoms with Gasteiger partial charge in [0.25, 0.3) is 0 Å². The third-order valence-electron chi connectivity index (χ3n) is 3.82. The van der Waals surface area contributed by atoms with Gasteiger partial charge in [-0.25, -0.2) is 13.8 Å². The maximum Gasteiger partial charge on any atom is 0.161 e. The smallest absolute Gasteiger partial charge is 0.161 e. The van der Waals surface area contributed by atoms with E-state index in [0.717, 1.165) is 43.9 Å². The molecule has 2 heterocycles. The van der Waals surface area contributed by atoms with E-state index in [1.807, 2.05) is 14.1 Å². The molecular formula is C15H18F2N4. The lowest BCUT2D eigenvalue weighted by Gasteiger charge is -2.27. The van der Waals surface area contributed by atoms with Crippen LogP contribution < -0.4 is 4.90 Å². The summed E-state index contributed by atoms with van der Waals surface area (Å²) >= 11 is 0. The summed E-state index contributed by atoms with van der Waals surface area (Å²) in [5.74, 6) is -1.05. The van der Waals surface area contributed by atoms with Crippen LogP contribution in [0.2, 0.25) is 0 Å². The molecule has 0 bridgehead atoms. The number of fused-ring (bicyclic) bond motifs is 1. The highest BCUT2D eigenvalue weighted by Gasteiger charge is 2.26. The topological polar surface area (TPSA) is 32.3 Å². The number of benzene rings is 1. The Morgan fingerprint density at radius 1 is 1.24 bits per heavy atom. The van der Waals surface area contributed by atoms with Crippen molar-refractivity contribution >= 4 is 16.9 Å². The summed E-state index contributed by atoms with van der Waals surface area (Å²) in [5, 5.41) is 0. The zero-order chi connectivity index (χ0) is 15.0. The fraction of sp³-hybridized carbons (Fsp3) is 0.467. The van der Waals surface area contributed by atoms with Crippen LogP contribution >= 0.6 is 0 Å². The first-order valence-electron chi connectivity index (χ1n) is 7.08. The largest absolute Gasteiger partial charge is 0.351 e. The molecule has 2 aromatic rings. The Morgan fingerprint density at radius 2 is 1.95 bits per heavy atom. The summed E-state index contributed by atoms with van der Waals surface area (Å²) in [6.07, 6.45) is 3.86. The van der Waals surface area contributed by atoms with Crippen LogP contribution in [-0.4, -0.2) is 48.1 Å². The first kappa shape index (κ1) is 14.1. The number of nitrogens with zero attached hydrogens (tertiary/aromatic N) is 4. The molecule has 0 unspecified atom stereocenters. The molecule has 0 aliphatic carbocycles. The minimum atomic E-state index is -0.892. The van der Waals surface area contributed by atoms with Crippen molar-refractivity contribution in [3.63, 3.8) is 0 Å². The maximum absolute atomic E-state index is 13.3. The van der Waals surface area contributed by atoms with Gasteiger partial charge < -0.3 is 9.80 Å². The number of halogens is 2. The molecule has 21 heavy (non-hydrogen) atoms. The highest BCUT2D eigenvalue weighted by atomic mass is 19.2. The molecule has 1 aliphatic heterocycles. The molecule has 0 spiro atoms. The quantitative estimate of drug-likeness (QED) is 0.870. The van der Waals surface area contributed by atoms with Gasteiger partial charge in [-0.1, -0.05) is 0 Å². The van der Waals surface area contributed by atoms with Crippen molar-refractivity contribution in [1.29, 1.82) is 0 Å². The highest BCUT2D eigenvalue weighted by molar-refractivity contribution is 5.75. The fourth-order valence-electron chi connectivity index (χ4n) is 2.89. The van der Waals surface area contributed by atoms with E-state index in [2.05, 4.69) is 19.8 Å². The normalized spacial score (nSPS) is 18.9. The Hall–Kier alpha value is -1.82. The number of hydrogen-bond acceptors (Lipinski definition) is 4. The van der Waals surface area contributed by atoms with Crippen LogP contribution in [0.5, 0.6) is 0 Å². The average Bonchev–Trinajstić information content (AvgIpc) is 2.87. The van der Waals surface area contributed by atoms with Crippen LogP contribution in [-0.2, 0) is 0 Å². The first-order chi connectivity index (χ1) is 10.0. The number of rotatable bonds is 3. The van der Waals surface area contributed by atoms with E-state index < -0.39 is 11.6 Å². The molecule has 3 rings (SSSR count). The van der Waals surface area contributed by atoms with Crippen LogP contribution in [0.1, 0.15) is 12.8 Å². The Morgan fingerprint density at radius 3 is 2.67 bits per heavy atom. The molecular weight excluding hydrogens is 274 g/mol. The van der Waals surface area contributed by atoms with Gasteiger partial charge in [0.05, 0.1) is 17.2 Å². The maximum atomic E-state index is 13.3. The Labute approximate surface area is 122 Å². The average molecular weight is 292 g/mol. The third kappa shape index (κ3) is 2.81. The monoisotopic (exact) mass is 292 g/mol. The number of likely N-dealkylation sites (N-methyl/N-ethyl adjacent to an activating group) is 1. The zero-order valence-corrected chi connectivity index (χ0v) is 12.2. The Kier molecular flexibility index (Phi) is 3.71. The van der Waals surface area contributed by atoms with Gasteiger partial charge in [0.2, 0.25) is 0 Å². The van der Waals surface area contributed by atoms with Crippen molar-refractivity contribution in [2.45, 2.75) is 18.9 Å². The van der Waals surface area contributed by atoms with E-state index in [9.17, 15) is 8.78 Å². The zero-order valence-electron chi connectivity index (χ0n) is 12.2. The molecule has 112 valence electrons. The second kappa shape index (κ2) is 5.52. The van der Waals surface area contributed by atoms with Crippen molar-refractivity contribution in [1.82, 2.24) is 14.9 Å². The van der Waals surface area contributed by atoms with Crippen LogP contribution in [0.3, 0.4) is 0 Å². The van der Waals surface area contributed by atoms with Gasteiger partial charge in [0.1, 0.15) is 5.82 Å². The van der Waals surface area contributed by atoms with E-state index in [4.69, 9.17) is 0 Å². The molecule has 4 nitrogen and oxygen atoms in total. The van der Waals surface area contributed by atoms with E-state index in [1.165, 1.54) is 0 Å². The highest BCUT2D eigenvalue weighted by Crippen LogP contribution is 2.25. The molecule has 1 saturated heterocycles. The molecule has 6 heteroatoms. The van der Waals surface area contributed by atoms with Gasteiger partial charge in [-0.3, -0.25) is 4.98 Å². The van der Waals surface area contributed by atoms with Gasteiger partial charge in [0.15, 0.2) is 11.6 Å². The summed E-state index contributed by atoms with van der Waals surface area (Å²) in [6.45, 7) is 1.86. The minimum absolute atomic E-state index is 0.376. The molecule has 0 radical (unpaired) electrons. The van der Waals surface area contributed by atoms with Gasteiger partial charge in [-0.2, -0.15) is 0 Å². The van der Waals surface area contributed by atoms with Crippen molar-refractivity contribution in [3.8, 4) is 0 Å². The van der Waals surface area contributed by atoms with Crippen molar-refractivity contribution in [2.75, 3.05) is 32.1 Å². The van der Waals surface area contributed by atoms with Gasteiger partial charge in [0, 0.05) is 31.3 Å². The Bertz CT molecular complexity index is 659.